The minimum absolute atomic E-state index is 0.0573. The molecule has 4 amide bonds. The number of halogens is 1. The molecule has 4 rings (SSSR count). The van der Waals surface area contributed by atoms with Gasteiger partial charge in [0.25, 0.3) is 11.8 Å². The molecule has 0 unspecified atom stereocenters. The van der Waals surface area contributed by atoms with Crippen molar-refractivity contribution in [2.45, 2.75) is 40.0 Å². The van der Waals surface area contributed by atoms with E-state index in [2.05, 4.69) is 70.9 Å². The van der Waals surface area contributed by atoms with E-state index in [0.29, 0.717) is 5.69 Å². The summed E-state index contributed by atoms with van der Waals surface area (Å²) in [5.74, 6) is -1.36. The van der Waals surface area contributed by atoms with E-state index in [4.69, 9.17) is 0 Å². The van der Waals surface area contributed by atoms with Crippen LogP contribution in [-0.4, -0.2) is 22.4 Å². The van der Waals surface area contributed by atoms with Crippen molar-refractivity contribution in [1.29, 1.82) is 0 Å². The van der Waals surface area contributed by atoms with Gasteiger partial charge in [0.15, 0.2) is 0 Å². The highest BCUT2D eigenvalue weighted by atomic mass is 79.9. The van der Waals surface area contributed by atoms with E-state index in [0.717, 1.165) is 32.0 Å². The second-order valence-electron chi connectivity index (χ2n) is 9.39. The Morgan fingerprint density at radius 2 is 1.47 bits per heavy atom. The number of benzene rings is 2. The summed E-state index contributed by atoms with van der Waals surface area (Å²) in [4.78, 5) is 39.2. The Hall–Kier alpha value is -3.45. The zero-order chi connectivity index (χ0) is 24.8. The molecule has 0 atom stereocenters. The number of barbiturate groups is 1. The molecule has 1 saturated heterocycles. The van der Waals surface area contributed by atoms with Crippen LogP contribution in [-0.2, 0) is 15.0 Å². The summed E-state index contributed by atoms with van der Waals surface area (Å²) < 4.78 is 2.90. The van der Waals surface area contributed by atoms with Crippen molar-refractivity contribution in [3.05, 3.63) is 87.2 Å². The molecule has 1 aliphatic heterocycles. The lowest BCUT2D eigenvalue weighted by Crippen LogP contribution is -2.54. The van der Waals surface area contributed by atoms with Crippen molar-refractivity contribution in [2.75, 3.05) is 4.90 Å². The molecular formula is C27H26BrN3O3. The predicted molar refractivity (Wildman–Crippen MR) is 137 cm³/mol. The van der Waals surface area contributed by atoms with Crippen molar-refractivity contribution >= 4 is 45.5 Å². The number of imide groups is 2. The van der Waals surface area contributed by atoms with E-state index < -0.39 is 17.8 Å². The van der Waals surface area contributed by atoms with Crippen molar-refractivity contribution in [2.24, 2.45) is 0 Å². The van der Waals surface area contributed by atoms with E-state index in [9.17, 15) is 14.4 Å². The fourth-order valence-corrected chi connectivity index (χ4v) is 4.34. The highest BCUT2D eigenvalue weighted by Gasteiger charge is 2.37. The van der Waals surface area contributed by atoms with E-state index in [1.165, 1.54) is 5.56 Å². The molecule has 1 aromatic heterocycles. The van der Waals surface area contributed by atoms with Gasteiger partial charge < -0.3 is 4.57 Å². The number of anilines is 1. The average Bonchev–Trinajstić information content (AvgIpc) is 3.04. The molecule has 174 valence electrons. The first-order valence-electron chi connectivity index (χ1n) is 10.9. The minimum atomic E-state index is -0.765. The number of amides is 4. The third-order valence-electron chi connectivity index (χ3n) is 5.95. The molecule has 0 saturated carbocycles. The summed E-state index contributed by atoms with van der Waals surface area (Å²) in [7, 11) is 0. The van der Waals surface area contributed by atoms with Crippen LogP contribution < -0.4 is 10.2 Å². The predicted octanol–water partition coefficient (Wildman–Crippen LogP) is 5.82. The van der Waals surface area contributed by atoms with Gasteiger partial charge in [-0.25, -0.2) is 9.69 Å². The van der Waals surface area contributed by atoms with E-state index in [-0.39, 0.29) is 11.0 Å². The van der Waals surface area contributed by atoms with E-state index >= 15 is 0 Å². The van der Waals surface area contributed by atoms with Gasteiger partial charge in [0, 0.05) is 21.5 Å². The average molecular weight is 520 g/mol. The van der Waals surface area contributed by atoms with E-state index in [1.807, 2.05) is 19.9 Å². The first kappa shape index (κ1) is 23.7. The second kappa shape index (κ2) is 8.72. The molecule has 3 aromatic rings. The molecule has 34 heavy (non-hydrogen) atoms. The quantitative estimate of drug-likeness (QED) is 0.350. The van der Waals surface area contributed by atoms with Crippen LogP contribution in [0, 0.1) is 13.8 Å². The van der Waals surface area contributed by atoms with Crippen LogP contribution >= 0.6 is 15.9 Å². The maximum Gasteiger partial charge on any atom is 0.335 e. The Bertz CT molecular complexity index is 1330. The van der Waals surface area contributed by atoms with Crippen molar-refractivity contribution in [1.82, 2.24) is 9.88 Å². The largest absolute Gasteiger partial charge is 0.335 e. The minimum Gasteiger partial charge on any atom is -0.318 e. The third kappa shape index (κ3) is 4.35. The maximum absolute atomic E-state index is 13.2. The topological polar surface area (TPSA) is 71.4 Å². The molecule has 1 N–H and O–H groups in total. The molecule has 6 nitrogen and oxygen atoms in total. The number of hydrogen-bond acceptors (Lipinski definition) is 3. The Balaban J connectivity index is 1.72. The van der Waals surface area contributed by atoms with Crippen LogP contribution in [0.5, 0.6) is 0 Å². The monoisotopic (exact) mass is 519 g/mol. The summed E-state index contributed by atoms with van der Waals surface area (Å²) in [6.45, 7) is 10.4. The van der Waals surface area contributed by atoms with Crippen molar-refractivity contribution in [3.63, 3.8) is 0 Å². The molecular weight excluding hydrogens is 494 g/mol. The maximum atomic E-state index is 13.2. The van der Waals surface area contributed by atoms with Crippen molar-refractivity contribution < 1.29 is 14.4 Å². The molecule has 0 bridgehead atoms. The fourth-order valence-electron chi connectivity index (χ4n) is 4.08. The number of carbonyl (C=O) groups is 3. The molecule has 2 aromatic carbocycles. The lowest BCUT2D eigenvalue weighted by atomic mass is 9.87. The highest BCUT2D eigenvalue weighted by molar-refractivity contribution is 9.10. The van der Waals surface area contributed by atoms with Gasteiger partial charge in [-0.15, -0.1) is 0 Å². The SMILES string of the molecule is Cc1cc(/C=C2\C(=O)NC(=O)N(c3ccc(Br)cc3)C2=O)c(C)n1-c1ccc(C(C)(C)C)cc1. The third-order valence-corrected chi connectivity index (χ3v) is 6.48. The number of carbonyl (C=O) groups excluding carboxylic acids is 3. The van der Waals surface area contributed by atoms with Crippen LogP contribution in [0.15, 0.2) is 64.6 Å². The second-order valence-corrected chi connectivity index (χ2v) is 10.3. The molecule has 7 heteroatoms. The number of nitrogens with zero attached hydrogens (tertiary/aromatic N) is 2. The van der Waals surface area contributed by atoms with Crippen molar-refractivity contribution in [3.8, 4) is 5.69 Å². The Morgan fingerprint density at radius 3 is 2.06 bits per heavy atom. The molecule has 1 aliphatic rings. The first-order chi connectivity index (χ1) is 16.0. The zero-order valence-corrected chi connectivity index (χ0v) is 21.4. The fraction of sp³-hybridized carbons (Fsp3) is 0.222. The summed E-state index contributed by atoms with van der Waals surface area (Å²) >= 11 is 3.34. The van der Waals surface area contributed by atoms with Gasteiger partial charge in [-0.3, -0.25) is 14.9 Å². The normalized spacial score (nSPS) is 15.8. The van der Waals surface area contributed by atoms with Gasteiger partial charge in [0.2, 0.25) is 0 Å². The lowest BCUT2D eigenvalue weighted by Gasteiger charge is -2.26. The molecule has 0 aliphatic carbocycles. The Kier molecular flexibility index (Phi) is 6.08. The Morgan fingerprint density at radius 1 is 0.882 bits per heavy atom. The lowest BCUT2D eigenvalue weighted by molar-refractivity contribution is -0.122. The summed E-state index contributed by atoms with van der Waals surface area (Å²) in [6.07, 6.45) is 1.55. The van der Waals surface area contributed by atoms with Gasteiger partial charge in [-0.05, 0) is 78.9 Å². The summed E-state index contributed by atoms with van der Waals surface area (Å²) in [5, 5.41) is 2.28. The van der Waals surface area contributed by atoms with Crippen LogP contribution in [0.4, 0.5) is 10.5 Å². The van der Waals surface area contributed by atoms with Crippen LogP contribution in [0.2, 0.25) is 0 Å². The van der Waals surface area contributed by atoms with Gasteiger partial charge in [0.05, 0.1) is 5.69 Å². The summed E-state index contributed by atoms with van der Waals surface area (Å²) in [5.41, 5.74) is 5.18. The Labute approximate surface area is 207 Å². The standard InChI is InChI=1S/C27H26BrN3O3/c1-16-14-18(17(2)30(16)21-10-6-19(7-11-21)27(3,4)5)15-23-24(32)29-26(34)31(25(23)33)22-12-8-20(28)9-13-22/h6-15H,1-5H3,(H,29,32,34)/b23-15+. The first-order valence-corrected chi connectivity index (χ1v) is 11.7. The molecule has 2 heterocycles. The zero-order valence-electron chi connectivity index (χ0n) is 19.8. The van der Waals surface area contributed by atoms with Gasteiger partial charge in [0.1, 0.15) is 5.57 Å². The van der Waals surface area contributed by atoms with Crippen LogP contribution in [0.3, 0.4) is 0 Å². The van der Waals surface area contributed by atoms with Gasteiger partial charge in [-0.2, -0.15) is 0 Å². The van der Waals surface area contributed by atoms with Gasteiger partial charge in [-0.1, -0.05) is 48.8 Å². The molecule has 1 fully saturated rings. The smallest absolute Gasteiger partial charge is 0.318 e. The molecule has 0 radical (unpaired) electrons. The highest BCUT2D eigenvalue weighted by Crippen LogP contribution is 2.28. The number of aryl methyl sites for hydroxylation is 1. The molecule has 0 spiro atoms. The number of nitrogens with one attached hydrogen (secondary N) is 1. The number of rotatable bonds is 3. The van der Waals surface area contributed by atoms with E-state index in [1.54, 1.807) is 30.3 Å². The van der Waals surface area contributed by atoms with Crippen LogP contribution in [0.25, 0.3) is 11.8 Å². The number of aromatic nitrogens is 1. The summed E-state index contributed by atoms with van der Waals surface area (Å²) in [6, 6.07) is 16.3. The number of urea groups is 1. The number of hydrogen-bond donors (Lipinski definition) is 1. The van der Waals surface area contributed by atoms with Gasteiger partial charge >= 0.3 is 6.03 Å². The van der Waals surface area contributed by atoms with Crippen LogP contribution in [0.1, 0.15) is 43.3 Å².